The first-order chi connectivity index (χ1) is 12.7. The lowest BCUT2D eigenvalue weighted by Gasteiger charge is -2.02. The molecule has 0 spiro atoms. The number of ether oxygens (including phenoxy) is 2. The second-order valence-corrected chi connectivity index (χ2v) is 5.77. The van der Waals surface area contributed by atoms with Gasteiger partial charge in [0.25, 0.3) is 5.78 Å². The minimum absolute atomic E-state index is 0.212. The SMILES string of the molecule is CCOc1cccc2cc(C(=O)c3cc4cccc(OCC)c4o3)oc12. The molecule has 4 aromatic rings. The lowest BCUT2D eigenvalue weighted by atomic mass is 10.2. The van der Waals surface area contributed by atoms with Crippen LogP contribution >= 0.6 is 0 Å². The average Bonchev–Trinajstić information content (AvgIpc) is 3.27. The number of carbonyl (C=O) groups is 1. The van der Waals surface area contributed by atoms with Gasteiger partial charge in [0.05, 0.1) is 13.2 Å². The predicted molar refractivity (Wildman–Crippen MR) is 98.2 cm³/mol. The molecule has 0 saturated heterocycles. The molecule has 0 saturated carbocycles. The van der Waals surface area contributed by atoms with Crippen LogP contribution in [0.1, 0.15) is 30.2 Å². The monoisotopic (exact) mass is 350 g/mol. The average molecular weight is 350 g/mol. The molecule has 0 amide bonds. The number of hydrogen-bond acceptors (Lipinski definition) is 5. The highest BCUT2D eigenvalue weighted by Gasteiger charge is 2.21. The Morgan fingerprint density at radius 3 is 1.69 bits per heavy atom. The zero-order valence-corrected chi connectivity index (χ0v) is 14.6. The summed E-state index contributed by atoms with van der Waals surface area (Å²) in [4.78, 5) is 12.9. The van der Waals surface area contributed by atoms with E-state index in [9.17, 15) is 4.79 Å². The van der Waals surface area contributed by atoms with Crippen LogP contribution in [0.5, 0.6) is 11.5 Å². The summed E-state index contributed by atoms with van der Waals surface area (Å²) in [5.41, 5.74) is 1.12. The van der Waals surface area contributed by atoms with Crippen molar-refractivity contribution in [3.63, 3.8) is 0 Å². The van der Waals surface area contributed by atoms with E-state index in [1.54, 1.807) is 12.1 Å². The third-order valence-corrected chi connectivity index (χ3v) is 4.06. The van der Waals surface area contributed by atoms with E-state index >= 15 is 0 Å². The number of hydrogen-bond donors (Lipinski definition) is 0. The van der Waals surface area contributed by atoms with Crippen molar-refractivity contribution in [2.24, 2.45) is 0 Å². The second kappa shape index (κ2) is 6.59. The third kappa shape index (κ3) is 2.71. The molecule has 2 aromatic heterocycles. The van der Waals surface area contributed by atoms with Gasteiger partial charge < -0.3 is 18.3 Å². The second-order valence-electron chi connectivity index (χ2n) is 5.77. The van der Waals surface area contributed by atoms with E-state index < -0.39 is 0 Å². The molecule has 2 aromatic carbocycles. The van der Waals surface area contributed by atoms with E-state index in [0.717, 1.165) is 10.8 Å². The molecule has 5 heteroatoms. The fraction of sp³-hybridized carbons (Fsp3) is 0.190. The van der Waals surface area contributed by atoms with Gasteiger partial charge in [-0.15, -0.1) is 0 Å². The summed E-state index contributed by atoms with van der Waals surface area (Å²) in [7, 11) is 0. The van der Waals surface area contributed by atoms with Crippen molar-refractivity contribution in [2.45, 2.75) is 13.8 Å². The van der Waals surface area contributed by atoms with Crippen LogP contribution < -0.4 is 9.47 Å². The van der Waals surface area contributed by atoms with Gasteiger partial charge in [0.2, 0.25) is 0 Å². The number of ketones is 1. The summed E-state index contributed by atoms with van der Waals surface area (Å²) in [5.74, 6) is 1.34. The minimum Gasteiger partial charge on any atom is -0.490 e. The Balaban J connectivity index is 1.76. The van der Waals surface area contributed by atoms with Crippen LogP contribution in [0.4, 0.5) is 0 Å². The molecule has 2 heterocycles. The Hall–Kier alpha value is -3.21. The molecule has 0 radical (unpaired) electrons. The minimum atomic E-state index is -0.317. The Labute approximate surface area is 150 Å². The van der Waals surface area contributed by atoms with Gasteiger partial charge in [-0.3, -0.25) is 4.79 Å². The first-order valence-corrected chi connectivity index (χ1v) is 8.56. The van der Waals surface area contributed by atoms with Gasteiger partial charge in [0, 0.05) is 10.8 Å². The Morgan fingerprint density at radius 2 is 1.27 bits per heavy atom. The number of fused-ring (bicyclic) bond motifs is 2. The molecular formula is C21H18O5. The van der Waals surface area contributed by atoms with Crippen LogP contribution in [0, 0.1) is 0 Å². The highest BCUT2D eigenvalue weighted by molar-refractivity contribution is 6.09. The number of benzene rings is 2. The van der Waals surface area contributed by atoms with Crippen molar-refractivity contribution in [3.8, 4) is 11.5 Å². The van der Waals surface area contributed by atoms with E-state index in [4.69, 9.17) is 18.3 Å². The molecule has 26 heavy (non-hydrogen) atoms. The summed E-state index contributed by atoms with van der Waals surface area (Å²) in [6, 6.07) is 14.5. The van der Waals surface area contributed by atoms with Crippen LogP contribution in [-0.2, 0) is 0 Å². The highest BCUT2D eigenvalue weighted by atomic mass is 16.5. The standard InChI is InChI=1S/C21H18O5/c1-3-23-15-9-5-7-13-11-17(25-20(13)15)19(22)18-12-14-8-6-10-16(24-4-2)21(14)26-18/h5-12H,3-4H2,1-2H3. The lowest BCUT2D eigenvalue weighted by molar-refractivity contribution is 0.0987. The van der Waals surface area contributed by atoms with Gasteiger partial charge in [0.15, 0.2) is 34.2 Å². The molecule has 0 atom stereocenters. The molecule has 0 bridgehead atoms. The summed E-state index contributed by atoms with van der Waals surface area (Å²) in [5, 5.41) is 1.62. The maximum absolute atomic E-state index is 12.9. The van der Waals surface area contributed by atoms with E-state index in [1.165, 1.54) is 0 Å². The maximum Gasteiger partial charge on any atom is 0.263 e. The molecule has 0 fully saturated rings. The molecule has 5 nitrogen and oxygen atoms in total. The van der Waals surface area contributed by atoms with Crippen molar-refractivity contribution < 1.29 is 23.1 Å². The van der Waals surface area contributed by atoms with E-state index in [0.29, 0.717) is 35.9 Å². The molecule has 0 aliphatic heterocycles. The molecule has 0 unspecified atom stereocenters. The van der Waals surface area contributed by atoms with Crippen LogP contribution in [-0.4, -0.2) is 19.0 Å². The number of furan rings is 2. The molecule has 0 aliphatic carbocycles. The van der Waals surface area contributed by atoms with Crippen molar-refractivity contribution in [1.29, 1.82) is 0 Å². The Kier molecular flexibility index (Phi) is 4.13. The number of rotatable bonds is 6. The normalized spacial score (nSPS) is 11.2. The van der Waals surface area contributed by atoms with Crippen LogP contribution in [0.25, 0.3) is 21.9 Å². The predicted octanol–water partition coefficient (Wildman–Crippen LogP) is 5.21. The zero-order valence-electron chi connectivity index (χ0n) is 14.6. The zero-order chi connectivity index (χ0) is 18.1. The summed E-state index contributed by atoms with van der Waals surface area (Å²) < 4.78 is 22.7. The van der Waals surface area contributed by atoms with E-state index in [-0.39, 0.29) is 17.3 Å². The van der Waals surface area contributed by atoms with Gasteiger partial charge in [-0.2, -0.15) is 0 Å². The fourth-order valence-electron chi connectivity index (χ4n) is 2.96. The lowest BCUT2D eigenvalue weighted by Crippen LogP contribution is -1.96. The van der Waals surface area contributed by atoms with Gasteiger partial charge in [-0.1, -0.05) is 24.3 Å². The smallest absolute Gasteiger partial charge is 0.263 e. The van der Waals surface area contributed by atoms with Crippen LogP contribution in [0.2, 0.25) is 0 Å². The van der Waals surface area contributed by atoms with E-state index in [1.807, 2.05) is 50.2 Å². The number of carbonyl (C=O) groups excluding carboxylic acids is 1. The Morgan fingerprint density at radius 1 is 0.808 bits per heavy atom. The third-order valence-electron chi connectivity index (χ3n) is 4.06. The summed E-state index contributed by atoms with van der Waals surface area (Å²) in [6.45, 7) is 4.84. The van der Waals surface area contributed by atoms with Crippen molar-refractivity contribution in [3.05, 3.63) is 60.1 Å². The summed E-state index contributed by atoms with van der Waals surface area (Å²) in [6.07, 6.45) is 0. The fourth-order valence-corrected chi connectivity index (χ4v) is 2.96. The largest absolute Gasteiger partial charge is 0.490 e. The quantitative estimate of drug-likeness (QED) is 0.447. The van der Waals surface area contributed by atoms with Crippen molar-refractivity contribution >= 4 is 27.7 Å². The first-order valence-electron chi connectivity index (χ1n) is 8.56. The van der Waals surface area contributed by atoms with Crippen molar-refractivity contribution in [1.82, 2.24) is 0 Å². The van der Waals surface area contributed by atoms with Crippen LogP contribution in [0.15, 0.2) is 57.4 Å². The molecular weight excluding hydrogens is 332 g/mol. The van der Waals surface area contributed by atoms with Gasteiger partial charge in [-0.25, -0.2) is 0 Å². The summed E-state index contributed by atoms with van der Waals surface area (Å²) >= 11 is 0. The maximum atomic E-state index is 12.9. The number of para-hydroxylation sites is 2. The molecule has 0 aliphatic rings. The van der Waals surface area contributed by atoms with E-state index in [2.05, 4.69) is 0 Å². The van der Waals surface area contributed by atoms with Gasteiger partial charge in [-0.05, 0) is 38.1 Å². The van der Waals surface area contributed by atoms with Crippen molar-refractivity contribution in [2.75, 3.05) is 13.2 Å². The Bertz CT molecular complexity index is 1000. The molecule has 4 rings (SSSR count). The molecule has 0 N–H and O–H groups in total. The topological polar surface area (TPSA) is 61.8 Å². The van der Waals surface area contributed by atoms with Crippen LogP contribution in [0.3, 0.4) is 0 Å². The van der Waals surface area contributed by atoms with Gasteiger partial charge in [0.1, 0.15) is 0 Å². The molecule has 132 valence electrons. The highest BCUT2D eigenvalue weighted by Crippen LogP contribution is 2.32. The first kappa shape index (κ1) is 16.3. The van der Waals surface area contributed by atoms with Gasteiger partial charge >= 0.3 is 0 Å².